The maximum atomic E-state index is 5.70. The molecule has 21 heavy (non-hydrogen) atoms. The topological polar surface area (TPSA) is 32.5 Å². The molecular formula is C18H31N3. The van der Waals surface area contributed by atoms with Gasteiger partial charge in [-0.1, -0.05) is 30.3 Å². The molecule has 0 aromatic heterocycles. The molecule has 1 aromatic carbocycles. The third kappa shape index (κ3) is 5.42. The zero-order chi connectivity index (χ0) is 15.1. The van der Waals surface area contributed by atoms with Gasteiger partial charge in [0.1, 0.15) is 0 Å². The van der Waals surface area contributed by atoms with Gasteiger partial charge in [0.25, 0.3) is 0 Å². The summed E-state index contributed by atoms with van der Waals surface area (Å²) in [5.41, 5.74) is 7.12. The van der Waals surface area contributed by atoms with Crippen LogP contribution in [0.4, 0.5) is 0 Å². The number of likely N-dealkylation sites (tertiary alicyclic amines) is 1. The van der Waals surface area contributed by atoms with Crippen molar-refractivity contribution in [3.8, 4) is 0 Å². The fourth-order valence-corrected chi connectivity index (χ4v) is 3.29. The van der Waals surface area contributed by atoms with E-state index in [2.05, 4.69) is 54.0 Å². The highest BCUT2D eigenvalue weighted by Gasteiger charge is 2.22. The highest BCUT2D eigenvalue weighted by molar-refractivity contribution is 5.14. The average molecular weight is 289 g/mol. The van der Waals surface area contributed by atoms with Gasteiger partial charge in [0, 0.05) is 38.8 Å². The van der Waals surface area contributed by atoms with Crippen LogP contribution in [0.15, 0.2) is 30.3 Å². The molecule has 0 unspecified atom stereocenters. The van der Waals surface area contributed by atoms with E-state index in [4.69, 9.17) is 5.73 Å². The van der Waals surface area contributed by atoms with Gasteiger partial charge in [-0.15, -0.1) is 0 Å². The van der Waals surface area contributed by atoms with Gasteiger partial charge in [0.2, 0.25) is 0 Å². The molecule has 1 fully saturated rings. The number of rotatable bonds is 7. The average Bonchev–Trinajstić information content (AvgIpc) is 2.48. The number of nitrogens with zero attached hydrogens (tertiary/aromatic N) is 2. The third-order valence-corrected chi connectivity index (χ3v) is 4.50. The lowest BCUT2D eigenvalue weighted by Crippen LogP contribution is -2.44. The van der Waals surface area contributed by atoms with Crippen molar-refractivity contribution < 1.29 is 0 Å². The smallest absolute Gasteiger partial charge is 0.0236 e. The number of benzene rings is 1. The van der Waals surface area contributed by atoms with E-state index in [1.165, 1.54) is 38.0 Å². The van der Waals surface area contributed by atoms with Crippen LogP contribution in [0.25, 0.3) is 0 Å². The highest BCUT2D eigenvalue weighted by Crippen LogP contribution is 2.19. The first kappa shape index (κ1) is 16.5. The van der Waals surface area contributed by atoms with E-state index in [-0.39, 0.29) is 0 Å². The van der Waals surface area contributed by atoms with Crippen molar-refractivity contribution in [1.29, 1.82) is 0 Å². The number of hydrogen-bond acceptors (Lipinski definition) is 3. The van der Waals surface area contributed by atoms with E-state index < -0.39 is 0 Å². The van der Waals surface area contributed by atoms with Gasteiger partial charge in [0.15, 0.2) is 0 Å². The summed E-state index contributed by atoms with van der Waals surface area (Å²) in [6.45, 7) is 11.2. The molecule has 0 aliphatic carbocycles. The Labute approximate surface area is 130 Å². The zero-order valence-corrected chi connectivity index (χ0v) is 13.7. The first-order valence-corrected chi connectivity index (χ1v) is 8.39. The maximum absolute atomic E-state index is 5.70. The standard InChI is InChI=1S/C18H31N3/c1-16(2)21(14-17-7-4-3-5-8-17)15-18-9-6-11-20(13-18)12-10-19/h3-5,7-8,16,18H,6,9-15,19H2,1-2H3/t18-/m1/s1. The van der Waals surface area contributed by atoms with Crippen molar-refractivity contribution in [3.63, 3.8) is 0 Å². The van der Waals surface area contributed by atoms with Gasteiger partial charge in [-0.25, -0.2) is 0 Å². The fourth-order valence-electron chi connectivity index (χ4n) is 3.29. The number of hydrogen-bond donors (Lipinski definition) is 1. The summed E-state index contributed by atoms with van der Waals surface area (Å²) in [5.74, 6) is 0.788. The van der Waals surface area contributed by atoms with E-state index in [1.807, 2.05) is 0 Å². The Bertz CT molecular complexity index is 389. The summed E-state index contributed by atoms with van der Waals surface area (Å²) >= 11 is 0. The van der Waals surface area contributed by atoms with Crippen LogP contribution in [0, 0.1) is 5.92 Å². The Hall–Kier alpha value is -0.900. The first-order valence-electron chi connectivity index (χ1n) is 8.39. The molecule has 1 atom stereocenters. The molecule has 1 aliphatic heterocycles. The summed E-state index contributed by atoms with van der Waals surface area (Å²) in [4.78, 5) is 5.15. The Balaban J connectivity index is 1.90. The minimum absolute atomic E-state index is 0.593. The van der Waals surface area contributed by atoms with Gasteiger partial charge in [-0.2, -0.15) is 0 Å². The van der Waals surface area contributed by atoms with E-state index in [0.717, 1.165) is 25.6 Å². The Kier molecular flexibility index (Phi) is 6.68. The van der Waals surface area contributed by atoms with Crippen molar-refractivity contribution in [2.24, 2.45) is 11.7 Å². The normalized spacial score (nSPS) is 20.3. The molecule has 1 saturated heterocycles. The van der Waals surface area contributed by atoms with Gasteiger partial charge in [-0.05, 0) is 44.7 Å². The second-order valence-corrected chi connectivity index (χ2v) is 6.61. The summed E-state index contributed by atoms with van der Waals surface area (Å²) < 4.78 is 0. The minimum atomic E-state index is 0.593. The van der Waals surface area contributed by atoms with Crippen molar-refractivity contribution >= 4 is 0 Å². The molecule has 118 valence electrons. The van der Waals surface area contributed by atoms with Crippen LogP contribution in [-0.2, 0) is 6.54 Å². The van der Waals surface area contributed by atoms with E-state index >= 15 is 0 Å². The molecule has 0 bridgehead atoms. The largest absolute Gasteiger partial charge is 0.329 e. The maximum Gasteiger partial charge on any atom is 0.0236 e. The van der Waals surface area contributed by atoms with Crippen molar-refractivity contribution in [3.05, 3.63) is 35.9 Å². The molecule has 2 N–H and O–H groups in total. The van der Waals surface area contributed by atoms with Crippen LogP contribution >= 0.6 is 0 Å². The quantitative estimate of drug-likeness (QED) is 0.837. The molecule has 1 heterocycles. The molecule has 3 heteroatoms. The van der Waals surface area contributed by atoms with Crippen molar-refractivity contribution in [1.82, 2.24) is 9.80 Å². The number of piperidine rings is 1. The highest BCUT2D eigenvalue weighted by atomic mass is 15.2. The molecule has 0 spiro atoms. The molecular weight excluding hydrogens is 258 g/mol. The fraction of sp³-hybridized carbons (Fsp3) is 0.667. The molecule has 1 aliphatic rings. The summed E-state index contributed by atoms with van der Waals surface area (Å²) in [6.07, 6.45) is 2.68. The van der Waals surface area contributed by atoms with E-state index in [0.29, 0.717) is 6.04 Å². The van der Waals surface area contributed by atoms with Crippen LogP contribution in [-0.4, -0.2) is 48.6 Å². The predicted octanol–water partition coefficient (Wildman–Crippen LogP) is 2.57. The number of nitrogens with two attached hydrogens (primary N) is 1. The predicted molar refractivity (Wildman–Crippen MR) is 90.2 cm³/mol. The second-order valence-electron chi connectivity index (χ2n) is 6.61. The molecule has 3 nitrogen and oxygen atoms in total. The Morgan fingerprint density at radius 1 is 1.29 bits per heavy atom. The van der Waals surface area contributed by atoms with Crippen LogP contribution in [0.2, 0.25) is 0 Å². The zero-order valence-electron chi connectivity index (χ0n) is 13.7. The van der Waals surface area contributed by atoms with Crippen molar-refractivity contribution in [2.45, 2.75) is 39.3 Å². The summed E-state index contributed by atoms with van der Waals surface area (Å²) in [7, 11) is 0. The van der Waals surface area contributed by atoms with E-state index in [9.17, 15) is 0 Å². The lowest BCUT2D eigenvalue weighted by Gasteiger charge is -2.37. The lowest BCUT2D eigenvalue weighted by molar-refractivity contribution is 0.114. The van der Waals surface area contributed by atoms with E-state index in [1.54, 1.807) is 0 Å². The first-order chi connectivity index (χ1) is 10.2. The van der Waals surface area contributed by atoms with Gasteiger partial charge < -0.3 is 10.6 Å². The molecule has 2 rings (SSSR count). The van der Waals surface area contributed by atoms with Crippen LogP contribution in [0.1, 0.15) is 32.3 Å². The second kappa shape index (κ2) is 8.52. The molecule has 0 saturated carbocycles. The Morgan fingerprint density at radius 3 is 2.71 bits per heavy atom. The van der Waals surface area contributed by atoms with Gasteiger partial charge in [-0.3, -0.25) is 4.90 Å². The van der Waals surface area contributed by atoms with Gasteiger partial charge in [0.05, 0.1) is 0 Å². The lowest BCUT2D eigenvalue weighted by atomic mass is 9.96. The van der Waals surface area contributed by atoms with Crippen molar-refractivity contribution in [2.75, 3.05) is 32.7 Å². The van der Waals surface area contributed by atoms with Gasteiger partial charge >= 0.3 is 0 Å². The summed E-state index contributed by atoms with van der Waals surface area (Å²) in [6, 6.07) is 11.4. The third-order valence-electron chi connectivity index (χ3n) is 4.50. The van der Waals surface area contributed by atoms with Crippen LogP contribution in [0.3, 0.4) is 0 Å². The van der Waals surface area contributed by atoms with Crippen LogP contribution < -0.4 is 5.73 Å². The summed E-state index contributed by atoms with van der Waals surface area (Å²) in [5, 5.41) is 0. The minimum Gasteiger partial charge on any atom is -0.329 e. The molecule has 1 aromatic rings. The Morgan fingerprint density at radius 2 is 2.05 bits per heavy atom. The monoisotopic (exact) mass is 289 g/mol. The van der Waals surface area contributed by atoms with Crippen LogP contribution in [0.5, 0.6) is 0 Å². The SMILES string of the molecule is CC(C)N(Cc1ccccc1)C[C@@H]1CCCN(CCN)C1. The molecule has 0 amide bonds. The molecule has 0 radical (unpaired) electrons.